The van der Waals surface area contributed by atoms with Crippen molar-refractivity contribution >= 4 is 11.3 Å². The van der Waals surface area contributed by atoms with Gasteiger partial charge in [0.2, 0.25) is 0 Å². The van der Waals surface area contributed by atoms with Crippen LogP contribution in [-0.4, -0.2) is 17.6 Å². The number of nitrogens with one attached hydrogen (secondary N) is 1. The Hall–Kier alpha value is -1.39. The second-order valence-corrected chi connectivity index (χ2v) is 6.49. The van der Waals surface area contributed by atoms with E-state index in [-0.39, 0.29) is 6.10 Å². The molecule has 0 radical (unpaired) electrons. The van der Waals surface area contributed by atoms with Crippen LogP contribution >= 0.6 is 11.3 Å². The van der Waals surface area contributed by atoms with E-state index in [2.05, 4.69) is 34.7 Å². The second kappa shape index (κ2) is 7.57. The molecule has 1 aromatic carbocycles. The Morgan fingerprint density at radius 3 is 2.48 bits per heavy atom. The largest absolute Gasteiger partial charge is 0.491 e. The summed E-state index contributed by atoms with van der Waals surface area (Å²) < 4.78 is 5.66. The molecule has 1 heterocycles. The molecular formula is C17H24N2OS. The maximum Gasteiger partial charge on any atom is 0.119 e. The van der Waals surface area contributed by atoms with E-state index in [0.29, 0.717) is 6.04 Å². The molecule has 0 spiro atoms. The standard InChI is InChI=1S/C17H24N2OS/c1-12(2)20-16-7-5-15(6-8-16)14(4)18-10-9-17-19-13(3)11-21-17/h5-8,11-12,14,18H,9-10H2,1-4H3. The Balaban J connectivity index is 1.81. The Bertz CT molecular complexity index is 548. The average Bonchev–Trinajstić information content (AvgIpc) is 2.84. The highest BCUT2D eigenvalue weighted by atomic mass is 32.1. The zero-order valence-corrected chi connectivity index (χ0v) is 14.0. The molecule has 1 aromatic heterocycles. The van der Waals surface area contributed by atoms with E-state index in [4.69, 9.17) is 4.74 Å². The molecule has 4 heteroatoms. The second-order valence-electron chi connectivity index (χ2n) is 5.54. The highest BCUT2D eigenvalue weighted by molar-refractivity contribution is 7.09. The van der Waals surface area contributed by atoms with Crippen molar-refractivity contribution < 1.29 is 4.74 Å². The number of aryl methyl sites for hydroxylation is 1. The topological polar surface area (TPSA) is 34.1 Å². The van der Waals surface area contributed by atoms with E-state index in [9.17, 15) is 0 Å². The summed E-state index contributed by atoms with van der Waals surface area (Å²) in [5, 5.41) is 6.85. The summed E-state index contributed by atoms with van der Waals surface area (Å²) in [7, 11) is 0. The molecule has 2 aromatic rings. The zero-order chi connectivity index (χ0) is 15.2. The Labute approximate surface area is 131 Å². The summed E-state index contributed by atoms with van der Waals surface area (Å²) in [6.45, 7) is 9.25. The molecule has 0 aliphatic rings. The van der Waals surface area contributed by atoms with E-state index in [0.717, 1.165) is 24.4 Å². The van der Waals surface area contributed by atoms with Crippen molar-refractivity contribution in [3.8, 4) is 5.75 Å². The molecular weight excluding hydrogens is 280 g/mol. The first-order valence-corrected chi connectivity index (χ1v) is 8.33. The quantitative estimate of drug-likeness (QED) is 0.835. The van der Waals surface area contributed by atoms with Crippen molar-refractivity contribution in [3.63, 3.8) is 0 Å². The van der Waals surface area contributed by atoms with Gasteiger partial charge in [-0.25, -0.2) is 4.98 Å². The molecule has 1 unspecified atom stereocenters. The summed E-state index contributed by atoms with van der Waals surface area (Å²) in [4.78, 5) is 4.48. The SMILES string of the molecule is Cc1csc(CCNC(C)c2ccc(OC(C)C)cc2)n1. The Morgan fingerprint density at radius 1 is 1.19 bits per heavy atom. The average molecular weight is 304 g/mol. The van der Waals surface area contributed by atoms with Gasteiger partial charge in [-0.3, -0.25) is 0 Å². The zero-order valence-electron chi connectivity index (χ0n) is 13.2. The van der Waals surface area contributed by atoms with E-state index >= 15 is 0 Å². The maximum atomic E-state index is 5.66. The molecule has 0 bridgehead atoms. The number of hydrogen-bond donors (Lipinski definition) is 1. The Morgan fingerprint density at radius 2 is 1.90 bits per heavy atom. The van der Waals surface area contributed by atoms with Crippen molar-refractivity contribution in [1.29, 1.82) is 0 Å². The van der Waals surface area contributed by atoms with Gasteiger partial charge >= 0.3 is 0 Å². The van der Waals surface area contributed by atoms with Gasteiger partial charge < -0.3 is 10.1 Å². The van der Waals surface area contributed by atoms with Gasteiger partial charge in [-0.05, 0) is 45.4 Å². The first kappa shape index (κ1) is 16.0. The Kier molecular flexibility index (Phi) is 5.76. The number of thiazole rings is 1. The summed E-state index contributed by atoms with van der Waals surface area (Å²) >= 11 is 1.74. The van der Waals surface area contributed by atoms with Crippen LogP contribution in [0.2, 0.25) is 0 Å². The normalized spacial score (nSPS) is 12.6. The van der Waals surface area contributed by atoms with Gasteiger partial charge in [0.15, 0.2) is 0 Å². The van der Waals surface area contributed by atoms with Gasteiger partial charge in [-0.15, -0.1) is 11.3 Å². The van der Waals surface area contributed by atoms with Gasteiger partial charge in [0.1, 0.15) is 5.75 Å². The number of rotatable bonds is 7. The molecule has 0 saturated carbocycles. The minimum absolute atomic E-state index is 0.216. The van der Waals surface area contributed by atoms with Crippen molar-refractivity contribution in [1.82, 2.24) is 10.3 Å². The number of aromatic nitrogens is 1. The molecule has 0 saturated heterocycles. The fraction of sp³-hybridized carbons (Fsp3) is 0.471. The molecule has 0 amide bonds. The van der Waals surface area contributed by atoms with Crippen LogP contribution in [0.5, 0.6) is 5.75 Å². The molecule has 0 aliphatic heterocycles. The minimum Gasteiger partial charge on any atom is -0.491 e. The molecule has 114 valence electrons. The summed E-state index contributed by atoms with van der Waals surface area (Å²) in [6, 6.07) is 8.67. The summed E-state index contributed by atoms with van der Waals surface area (Å²) in [5.41, 5.74) is 2.39. The summed E-state index contributed by atoms with van der Waals surface area (Å²) in [6.07, 6.45) is 1.20. The third-order valence-electron chi connectivity index (χ3n) is 3.21. The van der Waals surface area contributed by atoms with Gasteiger partial charge in [0, 0.05) is 30.1 Å². The maximum absolute atomic E-state index is 5.66. The molecule has 21 heavy (non-hydrogen) atoms. The van der Waals surface area contributed by atoms with Gasteiger partial charge in [-0.2, -0.15) is 0 Å². The van der Waals surface area contributed by atoms with Crippen LogP contribution in [-0.2, 0) is 6.42 Å². The lowest BCUT2D eigenvalue weighted by Gasteiger charge is -2.15. The molecule has 1 atom stereocenters. The van der Waals surface area contributed by atoms with Crippen molar-refractivity contribution in [2.24, 2.45) is 0 Å². The fourth-order valence-corrected chi connectivity index (χ4v) is 2.91. The molecule has 1 N–H and O–H groups in total. The number of hydrogen-bond acceptors (Lipinski definition) is 4. The summed E-state index contributed by atoms with van der Waals surface area (Å²) in [5.74, 6) is 0.930. The number of benzene rings is 1. The van der Waals surface area contributed by atoms with E-state index < -0.39 is 0 Å². The lowest BCUT2D eigenvalue weighted by Crippen LogP contribution is -2.21. The highest BCUT2D eigenvalue weighted by Gasteiger charge is 2.06. The smallest absolute Gasteiger partial charge is 0.119 e. The van der Waals surface area contributed by atoms with Gasteiger partial charge in [-0.1, -0.05) is 12.1 Å². The van der Waals surface area contributed by atoms with Gasteiger partial charge in [0.25, 0.3) is 0 Å². The third-order valence-corrected chi connectivity index (χ3v) is 4.23. The van der Waals surface area contributed by atoms with Crippen molar-refractivity contribution in [3.05, 3.63) is 45.9 Å². The predicted molar refractivity (Wildman–Crippen MR) is 89.2 cm³/mol. The van der Waals surface area contributed by atoms with Crippen molar-refractivity contribution in [2.75, 3.05) is 6.54 Å². The van der Waals surface area contributed by atoms with Crippen LogP contribution in [0.3, 0.4) is 0 Å². The number of ether oxygens (including phenoxy) is 1. The first-order valence-electron chi connectivity index (χ1n) is 7.45. The minimum atomic E-state index is 0.216. The number of nitrogens with zero attached hydrogens (tertiary/aromatic N) is 1. The van der Waals surface area contributed by atoms with Crippen LogP contribution in [0, 0.1) is 6.92 Å². The highest BCUT2D eigenvalue weighted by Crippen LogP contribution is 2.18. The van der Waals surface area contributed by atoms with Crippen LogP contribution in [0.4, 0.5) is 0 Å². The van der Waals surface area contributed by atoms with E-state index in [1.165, 1.54) is 10.6 Å². The molecule has 0 fully saturated rings. The van der Waals surface area contributed by atoms with Crippen LogP contribution in [0.15, 0.2) is 29.6 Å². The lowest BCUT2D eigenvalue weighted by atomic mass is 10.1. The molecule has 2 rings (SSSR count). The van der Waals surface area contributed by atoms with E-state index in [1.54, 1.807) is 11.3 Å². The van der Waals surface area contributed by atoms with Crippen molar-refractivity contribution in [2.45, 2.75) is 46.3 Å². The first-order chi connectivity index (χ1) is 10.0. The van der Waals surface area contributed by atoms with Crippen LogP contribution in [0.1, 0.15) is 43.1 Å². The van der Waals surface area contributed by atoms with Crippen LogP contribution < -0.4 is 10.1 Å². The molecule has 0 aliphatic carbocycles. The third kappa shape index (κ3) is 5.14. The monoisotopic (exact) mass is 304 g/mol. The lowest BCUT2D eigenvalue weighted by molar-refractivity contribution is 0.242. The van der Waals surface area contributed by atoms with E-state index in [1.807, 2.05) is 32.9 Å². The fourth-order valence-electron chi connectivity index (χ4n) is 2.14. The molecule has 3 nitrogen and oxygen atoms in total. The predicted octanol–water partition coefficient (Wildman–Crippen LogP) is 4.13. The van der Waals surface area contributed by atoms with Crippen LogP contribution in [0.25, 0.3) is 0 Å². The van der Waals surface area contributed by atoms with Gasteiger partial charge in [0.05, 0.1) is 11.1 Å².